The lowest BCUT2D eigenvalue weighted by Gasteiger charge is -2.35. The van der Waals surface area contributed by atoms with E-state index in [0.29, 0.717) is 17.9 Å². The zero-order valence-corrected chi connectivity index (χ0v) is 13.7. The molecule has 1 aromatic carbocycles. The minimum absolute atomic E-state index is 0.135. The van der Waals surface area contributed by atoms with E-state index < -0.39 is 0 Å². The first-order chi connectivity index (χ1) is 11.8. The number of ether oxygens (including phenoxy) is 1. The van der Waals surface area contributed by atoms with Gasteiger partial charge in [-0.25, -0.2) is 0 Å². The van der Waals surface area contributed by atoms with E-state index in [2.05, 4.69) is 21.2 Å². The molecule has 0 radical (unpaired) electrons. The van der Waals surface area contributed by atoms with Gasteiger partial charge in [-0.15, -0.1) is 15.0 Å². The molecule has 1 atom stereocenters. The molecule has 7 heteroatoms. The summed E-state index contributed by atoms with van der Waals surface area (Å²) >= 11 is 0. The Morgan fingerprint density at radius 3 is 2.75 bits per heavy atom. The highest BCUT2D eigenvalue weighted by Crippen LogP contribution is 2.27. The SMILES string of the molecule is COc1ccc(-n2nc(C#N)c(N3CCCCC3CCO)n2)cc1. The molecule has 1 saturated heterocycles. The lowest BCUT2D eigenvalue weighted by molar-refractivity contribution is 0.262. The summed E-state index contributed by atoms with van der Waals surface area (Å²) in [5.41, 5.74) is 1.09. The van der Waals surface area contributed by atoms with Crippen molar-refractivity contribution >= 4 is 5.82 Å². The number of aliphatic hydroxyl groups excluding tert-OH is 1. The molecule has 1 N–H and O–H groups in total. The van der Waals surface area contributed by atoms with E-state index in [1.54, 1.807) is 7.11 Å². The van der Waals surface area contributed by atoms with Crippen LogP contribution in [-0.4, -0.2) is 46.4 Å². The van der Waals surface area contributed by atoms with Crippen molar-refractivity contribution in [1.29, 1.82) is 5.26 Å². The van der Waals surface area contributed by atoms with Gasteiger partial charge in [0.1, 0.15) is 11.8 Å². The summed E-state index contributed by atoms with van der Waals surface area (Å²) in [6, 6.07) is 9.72. The van der Waals surface area contributed by atoms with Gasteiger partial charge in [0.25, 0.3) is 0 Å². The number of benzene rings is 1. The smallest absolute Gasteiger partial charge is 0.207 e. The van der Waals surface area contributed by atoms with Gasteiger partial charge in [-0.3, -0.25) is 0 Å². The van der Waals surface area contributed by atoms with Gasteiger partial charge in [0.15, 0.2) is 5.82 Å². The Hall–Kier alpha value is -2.59. The number of nitrogens with zero attached hydrogens (tertiary/aromatic N) is 5. The fourth-order valence-corrected chi connectivity index (χ4v) is 3.12. The van der Waals surface area contributed by atoms with Crippen LogP contribution in [0.2, 0.25) is 0 Å². The Kier molecular flexibility index (Phi) is 4.96. The number of hydrogen-bond acceptors (Lipinski definition) is 6. The number of methoxy groups -OCH3 is 1. The second-order valence-corrected chi connectivity index (χ2v) is 5.83. The van der Waals surface area contributed by atoms with Crippen LogP contribution in [0.5, 0.6) is 5.75 Å². The fraction of sp³-hybridized carbons (Fsp3) is 0.471. The summed E-state index contributed by atoms with van der Waals surface area (Å²) in [7, 11) is 1.62. The second kappa shape index (κ2) is 7.32. The van der Waals surface area contributed by atoms with Gasteiger partial charge < -0.3 is 14.7 Å². The summed E-state index contributed by atoms with van der Waals surface area (Å²) in [4.78, 5) is 3.60. The van der Waals surface area contributed by atoms with Gasteiger partial charge >= 0.3 is 0 Å². The zero-order chi connectivity index (χ0) is 16.9. The van der Waals surface area contributed by atoms with Crippen molar-refractivity contribution in [2.24, 2.45) is 0 Å². The van der Waals surface area contributed by atoms with Crippen molar-refractivity contribution in [3.8, 4) is 17.5 Å². The van der Waals surface area contributed by atoms with Gasteiger partial charge in [0, 0.05) is 19.2 Å². The number of nitriles is 1. The average Bonchev–Trinajstić information content (AvgIpc) is 3.07. The maximum absolute atomic E-state index is 9.45. The maximum Gasteiger partial charge on any atom is 0.207 e. The van der Waals surface area contributed by atoms with Gasteiger partial charge in [0.05, 0.1) is 12.8 Å². The van der Waals surface area contributed by atoms with E-state index in [1.807, 2.05) is 24.3 Å². The van der Waals surface area contributed by atoms with E-state index in [-0.39, 0.29) is 12.6 Å². The van der Waals surface area contributed by atoms with Crippen molar-refractivity contribution in [2.75, 3.05) is 25.2 Å². The molecule has 0 amide bonds. The number of piperidine rings is 1. The highest BCUT2D eigenvalue weighted by molar-refractivity contribution is 5.51. The Bertz CT molecular complexity index is 718. The van der Waals surface area contributed by atoms with Crippen molar-refractivity contribution in [1.82, 2.24) is 15.0 Å². The first kappa shape index (κ1) is 16.3. The topological polar surface area (TPSA) is 87.2 Å². The van der Waals surface area contributed by atoms with Gasteiger partial charge in [-0.1, -0.05) is 0 Å². The predicted molar refractivity (Wildman–Crippen MR) is 89.3 cm³/mol. The molecule has 0 spiro atoms. The summed E-state index contributed by atoms with van der Waals surface area (Å²) in [6.07, 6.45) is 3.87. The van der Waals surface area contributed by atoms with Gasteiger partial charge in [-0.2, -0.15) is 5.26 Å². The van der Waals surface area contributed by atoms with Crippen molar-refractivity contribution in [3.63, 3.8) is 0 Å². The highest BCUT2D eigenvalue weighted by atomic mass is 16.5. The summed E-state index contributed by atoms with van der Waals surface area (Å²) in [5, 5.41) is 27.6. The molecule has 2 heterocycles. The Balaban J connectivity index is 1.93. The molecule has 0 aliphatic carbocycles. The number of aliphatic hydroxyl groups is 1. The molecule has 2 aromatic rings. The third-order valence-corrected chi connectivity index (χ3v) is 4.37. The van der Waals surface area contributed by atoms with E-state index in [0.717, 1.165) is 37.2 Å². The number of anilines is 1. The molecule has 1 aliphatic rings. The van der Waals surface area contributed by atoms with Crippen molar-refractivity contribution < 1.29 is 9.84 Å². The molecule has 24 heavy (non-hydrogen) atoms. The van der Waals surface area contributed by atoms with Crippen molar-refractivity contribution in [3.05, 3.63) is 30.0 Å². The van der Waals surface area contributed by atoms with Crippen molar-refractivity contribution in [2.45, 2.75) is 31.7 Å². The quantitative estimate of drug-likeness (QED) is 0.902. The lowest BCUT2D eigenvalue weighted by atomic mass is 9.99. The van der Waals surface area contributed by atoms with Crippen LogP contribution >= 0.6 is 0 Å². The minimum Gasteiger partial charge on any atom is -0.497 e. The number of hydrogen-bond donors (Lipinski definition) is 1. The Labute approximate surface area is 141 Å². The second-order valence-electron chi connectivity index (χ2n) is 5.83. The highest BCUT2D eigenvalue weighted by Gasteiger charge is 2.27. The largest absolute Gasteiger partial charge is 0.497 e. The van der Waals surface area contributed by atoms with Crippen LogP contribution in [0.25, 0.3) is 5.69 Å². The van der Waals surface area contributed by atoms with Gasteiger partial charge in [-0.05, 0) is 49.9 Å². The van der Waals surface area contributed by atoms with E-state index in [1.165, 1.54) is 4.80 Å². The van der Waals surface area contributed by atoms with Crippen LogP contribution in [0.15, 0.2) is 24.3 Å². The molecule has 126 valence electrons. The molecule has 1 aromatic heterocycles. The van der Waals surface area contributed by atoms with E-state index in [4.69, 9.17) is 4.74 Å². The molecular formula is C17H21N5O2. The van der Waals surface area contributed by atoms with Crippen LogP contribution in [0.4, 0.5) is 5.82 Å². The van der Waals surface area contributed by atoms with E-state index in [9.17, 15) is 10.4 Å². The Morgan fingerprint density at radius 1 is 1.29 bits per heavy atom. The Morgan fingerprint density at radius 2 is 2.08 bits per heavy atom. The van der Waals surface area contributed by atoms with Crippen LogP contribution in [0.1, 0.15) is 31.4 Å². The molecule has 3 rings (SSSR count). The summed E-state index contributed by atoms with van der Waals surface area (Å²) < 4.78 is 5.16. The fourth-order valence-electron chi connectivity index (χ4n) is 3.12. The third kappa shape index (κ3) is 3.19. The minimum atomic E-state index is 0.135. The zero-order valence-electron chi connectivity index (χ0n) is 13.7. The van der Waals surface area contributed by atoms with Crippen LogP contribution in [-0.2, 0) is 0 Å². The number of aromatic nitrogens is 3. The lowest BCUT2D eigenvalue weighted by Crippen LogP contribution is -2.40. The number of rotatable bonds is 5. The first-order valence-corrected chi connectivity index (χ1v) is 8.16. The standard InChI is InChI=1S/C17H21N5O2/c1-24-15-7-5-14(6-8-15)22-19-16(12-18)17(20-22)21-10-3-2-4-13(21)9-11-23/h5-8,13,23H,2-4,9-11H2,1H3. The molecule has 0 bridgehead atoms. The molecule has 1 aliphatic heterocycles. The summed E-state index contributed by atoms with van der Waals surface area (Å²) in [5.74, 6) is 1.36. The maximum atomic E-state index is 9.45. The first-order valence-electron chi connectivity index (χ1n) is 8.16. The summed E-state index contributed by atoms with van der Waals surface area (Å²) in [6.45, 7) is 0.969. The normalized spacial score (nSPS) is 17.5. The molecular weight excluding hydrogens is 306 g/mol. The van der Waals surface area contributed by atoms with Gasteiger partial charge in [0.2, 0.25) is 5.69 Å². The molecule has 1 fully saturated rings. The molecule has 0 saturated carbocycles. The van der Waals surface area contributed by atoms with Crippen LogP contribution in [0.3, 0.4) is 0 Å². The van der Waals surface area contributed by atoms with E-state index >= 15 is 0 Å². The third-order valence-electron chi connectivity index (χ3n) is 4.37. The predicted octanol–water partition coefficient (Wildman–Crippen LogP) is 1.89. The van der Waals surface area contributed by atoms with Crippen LogP contribution < -0.4 is 9.64 Å². The monoisotopic (exact) mass is 327 g/mol. The molecule has 7 nitrogen and oxygen atoms in total. The molecule has 1 unspecified atom stereocenters. The average molecular weight is 327 g/mol. The van der Waals surface area contributed by atoms with Crippen LogP contribution in [0, 0.1) is 11.3 Å².